The second kappa shape index (κ2) is 9.77. The highest BCUT2D eigenvalue weighted by Gasteiger charge is 2.33. The second-order valence-corrected chi connectivity index (χ2v) is 8.23. The first-order valence-electron chi connectivity index (χ1n) is 11.2. The van der Waals surface area contributed by atoms with Gasteiger partial charge in [-0.15, -0.1) is 0 Å². The molecule has 1 aliphatic heterocycles. The number of nitrogens with one attached hydrogen (secondary N) is 1. The number of hydrogen-bond donors (Lipinski definition) is 2. The number of aromatic nitrogens is 2. The van der Waals surface area contributed by atoms with E-state index in [1.165, 1.54) is 9.47 Å². The average molecular weight is 449 g/mol. The lowest BCUT2D eigenvalue weighted by Gasteiger charge is -2.31. The molecule has 172 valence electrons. The first-order valence-corrected chi connectivity index (χ1v) is 11.2. The number of para-hydroxylation sites is 1. The number of amides is 1. The molecule has 0 bridgehead atoms. The van der Waals surface area contributed by atoms with E-state index >= 15 is 0 Å². The van der Waals surface area contributed by atoms with E-state index in [-0.39, 0.29) is 30.6 Å². The summed E-state index contributed by atoms with van der Waals surface area (Å²) in [7, 11) is 0. The fraction of sp³-hybridized carbons (Fsp3) is 0.320. The Balaban J connectivity index is 1.76. The van der Waals surface area contributed by atoms with Crippen molar-refractivity contribution in [2.45, 2.75) is 39.3 Å². The molecule has 1 atom stereocenters. The van der Waals surface area contributed by atoms with Gasteiger partial charge in [0.05, 0.1) is 12.5 Å². The summed E-state index contributed by atoms with van der Waals surface area (Å²) in [6.45, 7) is 2.71. The molecule has 3 N–H and O–H groups in total. The number of ether oxygens (including phenoxy) is 1. The third-order valence-electron chi connectivity index (χ3n) is 5.90. The molecule has 1 aromatic heterocycles. The standard InChI is InChI=1S/C25H28N4O4/c1-2-3-13-28-22(26)21(23(30)27-25(28)32)29(15-17-9-5-4-6-10-17)24(31)19-14-18-11-7-8-12-20(18)33-16-19/h4-12,19H,2-3,13-16,26H2,1H3,(H,27,30,32). The zero-order valence-electron chi connectivity index (χ0n) is 18.6. The molecule has 0 fully saturated rings. The lowest BCUT2D eigenvalue weighted by Crippen LogP contribution is -2.45. The maximum atomic E-state index is 13.8. The molecule has 0 spiro atoms. The van der Waals surface area contributed by atoms with E-state index in [4.69, 9.17) is 10.5 Å². The number of unbranched alkanes of at least 4 members (excludes halogenated alkanes) is 1. The predicted octanol–water partition coefficient (Wildman–Crippen LogP) is 2.70. The number of rotatable bonds is 7. The highest BCUT2D eigenvalue weighted by Crippen LogP contribution is 2.30. The van der Waals surface area contributed by atoms with Crippen molar-refractivity contribution in [3.05, 3.63) is 86.6 Å². The van der Waals surface area contributed by atoms with Gasteiger partial charge in [0, 0.05) is 6.54 Å². The van der Waals surface area contributed by atoms with E-state index in [0.717, 1.165) is 29.7 Å². The van der Waals surface area contributed by atoms with E-state index in [2.05, 4.69) is 4.98 Å². The summed E-state index contributed by atoms with van der Waals surface area (Å²) < 4.78 is 7.16. The van der Waals surface area contributed by atoms with Crippen LogP contribution in [-0.4, -0.2) is 22.1 Å². The lowest BCUT2D eigenvalue weighted by molar-refractivity contribution is -0.123. The molecular formula is C25H28N4O4. The van der Waals surface area contributed by atoms with Crippen molar-refractivity contribution in [3.63, 3.8) is 0 Å². The van der Waals surface area contributed by atoms with E-state index in [0.29, 0.717) is 13.0 Å². The van der Waals surface area contributed by atoms with E-state index < -0.39 is 17.2 Å². The van der Waals surface area contributed by atoms with Crippen LogP contribution in [0.15, 0.2) is 64.2 Å². The number of carbonyl (C=O) groups excluding carboxylic acids is 1. The Hall–Kier alpha value is -3.81. The van der Waals surface area contributed by atoms with Crippen LogP contribution in [0, 0.1) is 5.92 Å². The third kappa shape index (κ3) is 4.69. The van der Waals surface area contributed by atoms with Crippen molar-refractivity contribution in [2.75, 3.05) is 17.2 Å². The summed E-state index contributed by atoms with van der Waals surface area (Å²) >= 11 is 0. The normalized spacial score (nSPS) is 14.9. The van der Waals surface area contributed by atoms with Crippen molar-refractivity contribution in [1.82, 2.24) is 9.55 Å². The zero-order chi connectivity index (χ0) is 23.4. The smallest absolute Gasteiger partial charge is 0.330 e. The SMILES string of the molecule is CCCCn1c(N)c(N(Cc2ccccc2)C(=O)C2COc3ccccc3C2)c(=O)[nH]c1=O. The number of benzene rings is 2. The van der Waals surface area contributed by atoms with Crippen LogP contribution in [0.4, 0.5) is 11.5 Å². The van der Waals surface area contributed by atoms with Gasteiger partial charge in [0.25, 0.3) is 5.56 Å². The topological polar surface area (TPSA) is 110 Å². The molecular weight excluding hydrogens is 420 g/mol. The first-order chi connectivity index (χ1) is 16.0. The van der Waals surface area contributed by atoms with Crippen molar-refractivity contribution in [2.24, 2.45) is 5.92 Å². The Bertz CT molecular complexity index is 1250. The van der Waals surface area contributed by atoms with Crippen LogP contribution >= 0.6 is 0 Å². The Morgan fingerprint density at radius 2 is 1.88 bits per heavy atom. The molecule has 3 aromatic rings. The molecule has 0 radical (unpaired) electrons. The van der Waals surface area contributed by atoms with Gasteiger partial charge in [0.15, 0.2) is 5.69 Å². The Labute approximate surface area is 191 Å². The third-order valence-corrected chi connectivity index (χ3v) is 5.90. The quantitative estimate of drug-likeness (QED) is 0.577. The summed E-state index contributed by atoms with van der Waals surface area (Å²) in [6.07, 6.45) is 2.06. The maximum absolute atomic E-state index is 13.8. The van der Waals surface area contributed by atoms with E-state index in [9.17, 15) is 14.4 Å². The molecule has 1 amide bonds. The summed E-state index contributed by atoms with van der Waals surface area (Å²) in [5.74, 6) is 0.00456. The summed E-state index contributed by atoms with van der Waals surface area (Å²) in [4.78, 5) is 42.9. The molecule has 0 saturated heterocycles. The number of aromatic amines is 1. The van der Waals surface area contributed by atoms with Gasteiger partial charge >= 0.3 is 5.69 Å². The number of H-pyrrole nitrogens is 1. The number of nitrogen functional groups attached to an aromatic ring is 1. The molecule has 0 saturated carbocycles. The molecule has 1 unspecified atom stereocenters. The molecule has 2 aromatic carbocycles. The number of carbonyl (C=O) groups is 1. The van der Waals surface area contributed by atoms with Crippen LogP contribution in [-0.2, 0) is 24.3 Å². The molecule has 2 heterocycles. The van der Waals surface area contributed by atoms with E-state index in [1.807, 2.05) is 61.5 Å². The van der Waals surface area contributed by atoms with Gasteiger partial charge in [-0.3, -0.25) is 24.0 Å². The van der Waals surface area contributed by atoms with Crippen molar-refractivity contribution in [1.29, 1.82) is 0 Å². The van der Waals surface area contributed by atoms with Crippen molar-refractivity contribution < 1.29 is 9.53 Å². The maximum Gasteiger partial charge on any atom is 0.330 e. The molecule has 8 heteroatoms. The van der Waals surface area contributed by atoms with Crippen molar-refractivity contribution in [3.8, 4) is 5.75 Å². The number of hydrogen-bond acceptors (Lipinski definition) is 5. The van der Waals surface area contributed by atoms with Crippen LogP contribution in [0.1, 0.15) is 30.9 Å². The fourth-order valence-electron chi connectivity index (χ4n) is 4.12. The van der Waals surface area contributed by atoms with Crippen LogP contribution in [0.2, 0.25) is 0 Å². The van der Waals surface area contributed by atoms with Gasteiger partial charge in [-0.05, 0) is 30.0 Å². The van der Waals surface area contributed by atoms with Crippen LogP contribution in [0.5, 0.6) is 5.75 Å². The van der Waals surface area contributed by atoms with Gasteiger partial charge in [0.2, 0.25) is 5.91 Å². The zero-order valence-corrected chi connectivity index (χ0v) is 18.6. The molecule has 4 rings (SSSR count). The largest absolute Gasteiger partial charge is 0.492 e. The average Bonchev–Trinajstić information content (AvgIpc) is 2.83. The number of nitrogens with zero attached hydrogens (tertiary/aromatic N) is 2. The second-order valence-electron chi connectivity index (χ2n) is 8.23. The minimum absolute atomic E-state index is 0.00129. The van der Waals surface area contributed by atoms with Gasteiger partial charge in [-0.25, -0.2) is 4.79 Å². The summed E-state index contributed by atoms with van der Waals surface area (Å²) in [5.41, 5.74) is 6.88. The Morgan fingerprint density at radius 1 is 1.15 bits per heavy atom. The van der Waals surface area contributed by atoms with Gasteiger partial charge in [0.1, 0.15) is 18.2 Å². The Kier molecular flexibility index (Phi) is 6.63. The molecule has 1 aliphatic rings. The molecule has 8 nitrogen and oxygen atoms in total. The van der Waals surface area contributed by atoms with Crippen LogP contribution in [0.3, 0.4) is 0 Å². The van der Waals surface area contributed by atoms with Crippen molar-refractivity contribution >= 4 is 17.4 Å². The van der Waals surface area contributed by atoms with Crippen LogP contribution in [0.25, 0.3) is 0 Å². The minimum Gasteiger partial charge on any atom is -0.492 e. The van der Waals surface area contributed by atoms with Crippen LogP contribution < -0.4 is 26.6 Å². The lowest BCUT2D eigenvalue weighted by atomic mass is 9.95. The summed E-state index contributed by atoms with van der Waals surface area (Å²) in [6, 6.07) is 17.0. The minimum atomic E-state index is -0.674. The predicted molar refractivity (Wildman–Crippen MR) is 127 cm³/mol. The number of anilines is 2. The highest BCUT2D eigenvalue weighted by molar-refractivity contribution is 5.97. The fourth-order valence-corrected chi connectivity index (χ4v) is 4.12. The highest BCUT2D eigenvalue weighted by atomic mass is 16.5. The van der Waals surface area contributed by atoms with Gasteiger partial charge < -0.3 is 10.5 Å². The monoisotopic (exact) mass is 448 g/mol. The van der Waals surface area contributed by atoms with E-state index in [1.54, 1.807) is 0 Å². The number of fused-ring (bicyclic) bond motifs is 1. The molecule has 33 heavy (non-hydrogen) atoms. The van der Waals surface area contributed by atoms with Gasteiger partial charge in [-0.2, -0.15) is 0 Å². The summed E-state index contributed by atoms with van der Waals surface area (Å²) in [5, 5.41) is 0. The Morgan fingerprint density at radius 3 is 2.64 bits per heavy atom. The first kappa shape index (κ1) is 22.4. The van der Waals surface area contributed by atoms with Gasteiger partial charge in [-0.1, -0.05) is 61.9 Å². The molecule has 0 aliphatic carbocycles. The number of nitrogens with two attached hydrogens (primary N) is 1.